The van der Waals surface area contributed by atoms with Crippen molar-refractivity contribution < 1.29 is 4.92 Å². The molecule has 0 unspecified atom stereocenters. The minimum Gasteiger partial charge on any atom is -0.258 e. The highest BCUT2D eigenvalue weighted by molar-refractivity contribution is 7.78. The molecule has 0 amide bonds. The number of non-ortho nitro benzene ring substituents is 1. The van der Waals surface area contributed by atoms with Gasteiger partial charge in [-0.2, -0.15) is 9.98 Å². The minimum atomic E-state index is -0.534. The van der Waals surface area contributed by atoms with Crippen LogP contribution in [0.2, 0.25) is 0 Å². The van der Waals surface area contributed by atoms with Gasteiger partial charge in [-0.05, 0) is 30.5 Å². The summed E-state index contributed by atoms with van der Waals surface area (Å²) < 4.78 is 0. The van der Waals surface area contributed by atoms with E-state index in [1.165, 1.54) is 18.2 Å². The summed E-state index contributed by atoms with van der Waals surface area (Å²) in [4.78, 5) is 17.3. The summed E-state index contributed by atoms with van der Waals surface area (Å²) in [6.07, 6.45) is 0. The van der Waals surface area contributed by atoms with E-state index < -0.39 is 4.92 Å². The van der Waals surface area contributed by atoms with E-state index in [2.05, 4.69) is 44.7 Å². The Morgan fingerprint density at radius 1 is 1.20 bits per heavy atom. The number of aliphatic imine (C=N–C) groups is 2. The van der Waals surface area contributed by atoms with Crippen molar-refractivity contribution >= 4 is 51.8 Å². The molecule has 74 valence electrons. The predicted octanol–water partition coefficient (Wildman–Crippen LogP) is 3.06. The first-order valence-corrected chi connectivity index (χ1v) is 4.45. The Labute approximate surface area is 95.3 Å². The van der Waals surface area contributed by atoms with Crippen LogP contribution in [-0.4, -0.2) is 15.2 Å². The van der Waals surface area contributed by atoms with Gasteiger partial charge in [-0.25, -0.2) is 0 Å². The first kappa shape index (κ1) is 11.3. The topological polar surface area (TPSA) is 67.9 Å². The van der Waals surface area contributed by atoms with Gasteiger partial charge in [-0.3, -0.25) is 10.1 Å². The van der Waals surface area contributed by atoms with E-state index >= 15 is 0 Å². The Bertz CT molecular complexity index is 503. The van der Waals surface area contributed by atoms with E-state index in [-0.39, 0.29) is 11.4 Å². The maximum Gasteiger partial charge on any atom is 0.271 e. The van der Waals surface area contributed by atoms with E-state index in [0.29, 0.717) is 5.69 Å². The molecule has 0 aromatic heterocycles. The number of benzene rings is 1. The Morgan fingerprint density at radius 2 is 1.80 bits per heavy atom. The van der Waals surface area contributed by atoms with Crippen molar-refractivity contribution in [3.63, 3.8) is 0 Å². The van der Waals surface area contributed by atoms with Crippen molar-refractivity contribution in [1.82, 2.24) is 0 Å². The Morgan fingerprint density at radius 3 is 2.33 bits per heavy atom. The normalized spacial score (nSPS) is 8.53. The fourth-order valence-electron chi connectivity index (χ4n) is 0.908. The van der Waals surface area contributed by atoms with Crippen molar-refractivity contribution in [2.24, 2.45) is 9.98 Å². The van der Waals surface area contributed by atoms with Crippen LogP contribution in [0.25, 0.3) is 0 Å². The molecule has 1 aromatic rings. The third-order valence-electron chi connectivity index (χ3n) is 1.50. The lowest BCUT2D eigenvalue weighted by Gasteiger charge is -1.96. The molecule has 0 aliphatic heterocycles. The number of thiocarbonyl (C=S) groups is 2. The second-order valence-electron chi connectivity index (χ2n) is 2.34. The van der Waals surface area contributed by atoms with Gasteiger partial charge in [-0.15, -0.1) is 0 Å². The molecule has 5 nitrogen and oxygen atoms in total. The molecule has 0 radical (unpaired) electrons. The number of hydrogen-bond acceptors (Lipinski definition) is 6. The third-order valence-corrected chi connectivity index (χ3v) is 1.68. The summed E-state index contributed by atoms with van der Waals surface area (Å²) >= 11 is 8.84. The van der Waals surface area contributed by atoms with E-state index in [9.17, 15) is 10.1 Å². The van der Waals surface area contributed by atoms with Crippen LogP contribution in [0.4, 0.5) is 17.1 Å². The van der Waals surface area contributed by atoms with Gasteiger partial charge in [0.05, 0.1) is 15.2 Å². The monoisotopic (exact) mass is 237 g/mol. The van der Waals surface area contributed by atoms with Crippen molar-refractivity contribution in [3.05, 3.63) is 28.3 Å². The van der Waals surface area contributed by atoms with Crippen LogP contribution >= 0.6 is 24.4 Å². The highest BCUT2D eigenvalue weighted by Gasteiger charge is 2.09. The van der Waals surface area contributed by atoms with Crippen molar-refractivity contribution in [3.8, 4) is 0 Å². The van der Waals surface area contributed by atoms with Crippen LogP contribution in [0.15, 0.2) is 28.2 Å². The lowest BCUT2D eigenvalue weighted by atomic mass is 10.2. The van der Waals surface area contributed by atoms with Gasteiger partial charge in [0, 0.05) is 12.1 Å². The zero-order valence-corrected chi connectivity index (χ0v) is 8.84. The smallest absolute Gasteiger partial charge is 0.258 e. The molecule has 15 heavy (non-hydrogen) atoms. The predicted molar refractivity (Wildman–Crippen MR) is 62.5 cm³/mol. The van der Waals surface area contributed by atoms with Crippen molar-refractivity contribution in [2.45, 2.75) is 0 Å². The van der Waals surface area contributed by atoms with E-state index in [1.807, 2.05) is 0 Å². The molecule has 0 aliphatic rings. The van der Waals surface area contributed by atoms with Gasteiger partial charge >= 0.3 is 0 Å². The molecule has 0 saturated heterocycles. The second-order valence-corrected chi connectivity index (χ2v) is 2.70. The average molecular weight is 237 g/mol. The molecule has 0 heterocycles. The van der Waals surface area contributed by atoms with Crippen molar-refractivity contribution in [2.75, 3.05) is 0 Å². The largest absolute Gasteiger partial charge is 0.271 e. The average Bonchev–Trinajstić information content (AvgIpc) is 2.21. The van der Waals surface area contributed by atoms with Gasteiger partial charge in [-0.1, -0.05) is 0 Å². The molecule has 7 heteroatoms. The van der Waals surface area contributed by atoms with Gasteiger partial charge in [0.15, 0.2) is 0 Å². The van der Waals surface area contributed by atoms with Crippen LogP contribution in [0, 0.1) is 10.1 Å². The van der Waals surface area contributed by atoms with Gasteiger partial charge in [0.25, 0.3) is 5.69 Å². The molecule has 0 fully saturated rings. The number of isothiocyanates is 2. The highest BCUT2D eigenvalue weighted by atomic mass is 32.1. The Hall–Kier alpha value is -1.78. The molecule has 0 N–H and O–H groups in total. The first-order valence-electron chi connectivity index (χ1n) is 3.63. The molecule has 0 aliphatic carbocycles. The number of nitro groups is 1. The number of nitrogens with zero attached hydrogens (tertiary/aromatic N) is 3. The summed E-state index contributed by atoms with van der Waals surface area (Å²) in [6.45, 7) is 0. The van der Waals surface area contributed by atoms with E-state index in [1.54, 1.807) is 0 Å². The van der Waals surface area contributed by atoms with Crippen LogP contribution < -0.4 is 0 Å². The summed E-state index contributed by atoms with van der Waals surface area (Å²) in [7, 11) is 0. The fraction of sp³-hybridized carbons (Fsp3) is 0. The van der Waals surface area contributed by atoms with Gasteiger partial charge in [0.2, 0.25) is 0 Å². The van der Waals surface area contributed by atoms with Crippen LogP contribution in [0.5, 0.6) is 0 Å². The van der Waals surface area contributed by atoms with E-state index in [0.717, 1.165) is 0 Å². The number of rotatable bonds is 3. The Balaban J connectivity index is 3.38. The number of nitro benzene ring substituents is 1. The quantitative estimate of drug-likeness (QED) is 0.350. The lowest BCUT2D eigenvalue weighted by molar-refractivity contribution is -0.384. The molecule has 0 bridgehead atoms. The molecule has 0 atom stereocenters. The maximum absolute atomic E-state index is 10.5. The maximum atomic E-state index is 10.5. The summed E-state index contributed by atoms with van der Waals surface area (Å²) in [5.41, 5.74) is 0.520. The summed E-state index contributed by atoms with van der Waals surface area (Å²) in [6, 6.07) is 3.96. The molecular formula is C8H3N3O2S2. The highest BCUT2D eigenvalue weighted by Crippen LogP contribution is 2.31. The van der Waals surface area contributed by atoms with Crippen LogP contribution in [0.3, 0.4) is 0 Å². The summed E-state index contributed by atoms with van der Waals surface area (Å²) in [5.74, 6) is 0. The van der Waals surface area contributed by atoms with Crippen LogP contribution in [-0.2, 0) is 0 Å². The molecular weight excluding hydrogens is 234 g/mol. The van der Waals surface area contributed by atoms with Gasteiger partial charge in [0.1, 0.15) is 11.4 Å². The summed E-state index contributed by atoms with van der Waals surface area (Å²) in [5, 5.41) is 14.7. The zero-order chi connectivity index (χ0) is 11.3. The molecule has 1 aromatic carbocycles. The van der Waals surface area contributed by atoms with Gasteiger partial charge < -0.3 is 0 Å². The molecule has 1 rings (SSSR count). The Kier molecular flexibility index (Phi) is 3.91. The minimum absolute atomic E-state index is 0.0951. The fourth-order valence-corrected chi connectivity index (χ4v) is 1.10. The first-order chi connectivity index (χ1) is 7.19. The lowest BCUT2D eigenvalue weighted by Crippen LogP contribution is -1.86. The van der Waals surface area contributed by atoms with Crippen LogP contribution in [0.1, 0.15) is 0 Å². The second kappa shape index (κ2) is 5.19. The standard InChI is InChI=1S/C8H3N3O2S2/c12-11(13)6-1-2-7(9-4-14)8(3-6)10-5-15/h1-3H. The SMILES string of the molecule is O=[N+]([O-])c1ccc(N=C=S)c(N=C=S)c1. The third kappa shape index (κ3) is 2.83. The zero-order valence-electron chi connectivity index (χ0n) is 7.21. The number of hydrogen-bond donors (Lipinski definition) is 0. The molecule has 0 saturated carbocycles. The van der Waals surface area contributed by atoms with E-state index in [4.69, 9.17) is 0 Å². The van der Waals surface area contributed by atoms with Crippen molar-refractivity contribution in [1.29, 1.82) is 0 Å². The molecule has 0 spiro atoms.